The molecule has 0 radical (unpaired) electrons. The third-order valence-corrected chi connectivity index (χ3v) is 3.40. The van der Waals surface area contributed by atoms with Crippen molar-refractivity contribution in [2.75, 3.05) is 6.79 Å². The predicted octanol–water partition coefficient (Wildman–Crippen LogP) is 2.28. The second-order valence-corrected chi connectivity index (χ2v) is 4.79. The van der Waals surface area contributed by atoms with Gasteiger partial charge in [0, 0.05) is 12.6 Å². The SMILES string of the molecule is O=Cc1cnc(Cc2ccc3c(c2)OCO3)s1. The van der Waals surface area contributed by atoms with Crippen LogP contribution in [0, 0.1) is 0 Å². The number of nitrogens with zero attached hydrogens (tertiary/aromatic N) is 1. The molecule has 0 spiro atoms. The van der Waals surface area contributed by atoms with Gasteiger partial charge in [0.15, 0.2) is 17.8 Å². The van der Waals surface area contributed by atoms with Gasteiger partial charge in [-0.25, -0.2) is 4.98 Å². The summed E-state index contributed by atoms with van der Waals surface area (Å²) in [5.74, 6) is 1.55. The molecule has 0 saturated heterocycles. The molecule has 0 saturated carbocycles. The summed E-state index contributed by atoms with van der Waals surface area (Å²) < 4.78 is 10.6. The van der Waals surface area contributed by atoms with Gasteiger partial charge in [-0.1, -0.05) is 6.07 Å². The second kappa shape index (κ2) is 4.18. The minimum atomic E-state index is 0.283. The van der Waals surface area contributed by atoms with Gasteiger partial charge >= 0.3 is 0 Å². The molecule has 0 N–H and O–H groups in total. The summed E-state index contributed by atoms with van der Waals surface area (Å²) in [5, 5.41) is 0.922. The Hall–Kier alpha value is -1.88. The molecule has 0 atom stereocenters. The number of fused-ring (bicyclic) bond motifs is 1. The molecule has 1 aromatic heterocycles. The summed E-state index contributed by atoms with van der Waals surface area (Å²) in [6.07, 6.45) is 3.12. The standard InChI is InChI=1S/C12H9NO3S/c14-6-9-5-13-12(17-9)4-8-1-2-10-11(3-8)16-7-15-10/h1-3,5-6H,4,7H2. The Kier molecular flexibility index (Phi) is 2.53. The highest BCUT2D eigenvalue weighted by molar-refractivity contribution is 7.13. The summed E-state index contributed by atoms with van der Waals surface area (Å²) >= 11 is 1.41. The molecule has 5 heteroatoms. The number of benzene rings is 1. The van der Waals surface area contributed by atoms with Crippen molar-refractivity contribution >= 4 is 17.6 Å². The minimum absolute atomic E-state index is 0.283. The van der Waals surface area contributed by atoms with Crippen LogP contribution in [0.15, 0.2) is 24.4 Å². The van der Waals surface area contributed by atoms with E-state index in [1.54, 1.807) is 6.20 Å². The zero-order chi connectivity index (χ0) is 11.7. The third kappa shape index (κ3) is 2.01. The Labute approximate surface area is 102 Å². The summed E-state index contributed by atoms with van der Waals surface area (Å²) in [6, 6.07) is 5.83. The fourth-order valence-corrected chi connectivity index (χ4v) is 2.46. The molecule has 0 aliphatic carbocycles. The Morgan fingerprint density at radius 3 is 3.06 bits per heavy atom. The molecule has 2 heterocycles. The third-order valence-electron chi connectivity index (χ3n) is 2.48. The molecule has 0 amide bonds. The maximum Gasteiger partial charge on any atom is 0.231 e. The van der Waals surface area contributed by atoms with Gasteiger partial charge in [0.1, 0.15) is 0 Å². The molecule has 4 nitrogen and oxygen atoms in total. The normalized spacial score (nSPS) is 12.7. The number of aldehydes is 1. The lowest BCUT2D eigenvalue weighted by Gasteiger charge is -2.00. The molecular formula is C12H9NO3S. The monoisotopic (exact) mass is 247 g/mol. The molecule has 0 unspecified atom stereocenters. The highest BCUT2D eigenvalue weighted by atomic mass is 32.1. The van der Waals surface area contributed by atoms with Crippen molar-refractivity contribution in [3.8, 4) is 11.5 Å². The van der Waals surface area contributed by atoms with Gasteiger partial charge in [-0.05, 0) is 17.7 Å². The van der Waals surface area contributed by atoms with Gasteiger partial charge in [-0.2, -0.15) is 0 Å². The number of carbonyl (C=O) groups is 1. The highest BCUT2D eigenvalue weighted by Gasteiger charge is 2.13. The van der Waals surface area contributed by atoms with Crippen molar-refractivity contribution in [3.63, 3.8) is 0 Å². The Morgan fingerprint density at radius 2 is 2.24 bits per heavy atom. The van der Waals surface area contributed by atoms with Crippen LogP contribution >= 0.6 is 11.3 Å². The molecular weight excluding hydrogens is 238 g/mol. The average molecular weight is 247 g/mol. The van der Waals surface area contributed by atoms with E-state index >= 15 is 0 Å². The van der Waals surface area contributed by atoms with E-state index in [-0.39, 0.29) is 6.79 Å². The van der Waals surface area contributed by atoms with Crippen LogP contribution in [0.4, 0.5) is 0 Å². The molecule has 1 aliphatic heterocycles. The predicted molar refractivity (Wildman–Crippen MR) is 62.9 cm³/mol. The van der Waals surface area contributed by atoms with E-state index in [0.29, 0.717) is 11.3 Å². The molecule has 0 bridgehead atoms. The van der Waals surface area contributed by atoms with Crippen LogP contribution in [0.1, 0.15) is 20.2 Å². The lowest BCUT2D eigenvalue weighted by atomic mass is 10.1. The molecule has 1 aliphatic rings. The first kappa shape index (κ1) is 10.3. The van der Waals surface area contributed by atoms with Gasteiger partial charge in [0.25, 0.3) is 0 Å². The van der Waals surface area contributed by atoms with Gasteiger partial charge in [-0.3, -0.25) is 4.79 Å². The number of thiazole rings is 1. The summed E-state index contributed by atoms with van der Waals surface area (Å²) in [6.45, 7) is 0.283. The summed E-state index contributed by atoms with van der Waals surface area (Å²) in [5.41, 5.74) is 1.10. The molecule has 2 aromatic rings. The van der Waals surface area contributed by atoms with E-state index in [2.05, 4.69) is 4.98 Å². The van der Waals surface area contributed by atoms with Crippen LogP contribution in [0.3, 0.4) is 0 Å². The van der Waals surface area contributed by atoms with Crippen LogP contribution in [0.5, 0.6) is 11.5 Å². The number of hydrogen-bond acceptors (Lipinski definition) is 5. The van der Waals surface area contributed by atoms with Gasteiger partial charge in [0.05, 0.1) is 9.88 Å². The van der Waals surface area contributed by atoms with Crippen molar-refractivity contribution in [2.24, 2.45) is 0 Å². The van der Waals surface area contributed by atoms with Crippen molar-refractivity contribution in [1.82, 2.24) is 4.98 Å². The Morgan fingerprint density at radius 1 is 1.35 bits per heavy atom. The van der Waals surface area contributed by atoms with Gasteiger partial charge in [-0.15, -0.1) is 11.3 Å². The van der Waals surface area contributed by atoms with Gasteiger partial charge in [0.2, 0.25) is 6.79 Å². The maximum atomic E-state index is 10.6. The molecule has 1 aromatic carbocycles. The van der Waals surface area contributed by atoms with Gasteiger partial charge < -0.3 is 9.47 Å². The smallest absolute Gasteiger partial charge is 0.231 e. The number of rotatable bonds is 3. The average Bonchev–Trinajstić information content (AvgIpc) is 2.96. The topological polar surface area (TPSA) is 48.4 Å². The van der Waals surface area contributed by atoms with Crippen molar-refractivity contribution in [2.45, 2.75) is 6.42 Å². The fourth-order valence-electron chi connectivity index (χ4n) is 1.69. The second-order valence-electron chi connectivity index (χ2n) is 3.64. The maximum absolute atomic E-state index is 10.6. The zero-order valence-electron chi connectivity index (χ0n) is 8.88. The van der Waals surface area contributed by atoms with Crippen LogP contribution in [-0.4, -0.2) is 18.1 Å². The highest BCUT2D eigenvalue weighted by Crippen LogP contribution is 2.33. The first-order valence-electron chi connectivity index (χ1n) is 5.13. The van der Waals surface area contributed by atoms with E-state index in [1.165, 1.54) is 11.3 Å². The van der Waals surface area contributed by atoms with Crippen LogP contribution in [0.2, 0.25) is 0 Å². The number of carbonyl (C=O) groups excluding carboxylic acids is 1. The van der Waals surface area contributed by atoms with E-state index in [9.17, 15) is 4.79 Å². The first-order chi connectivity index (χ1) is 8.35. The van der Waals surface area contributed by atoms with Crippen LogP contribution in [-0.2, 0) is 6.42 Å². The quantitative estimate of drug-likeness (QED) is 0.781. The molecule has 86 valence electrons. The minimum Gasteiger partial charge on any atom is -0.454 e. The lowest BCUT2D eigenvalue weighted by molar-refractivity contribution is 0.112. The summed E-state index contributed by atoms with van der Waals surface area (Å²) in [7, 11) is 0. The van der Waals surface area contributed by atoms with E-state index < -0.39 is 0 Å². The summed E-state index contributed by atoms with van der Waals surface area (Å²) in [4.78, 5) is 15.4. The number of aromatic nitrogens is 1. The largest absolute Gasteiger partial charge is 0.454 e. The zero-order valence-corrected chi connectivity index (χ0v) is 9.70. The fraction of sp³-hybridized carbons (Fsp3) is 0.167. The van der Waals surface area contributed by atoms with E-state index in [4.69, 9.17) is 9.47 Å². The van der Waals surface area contributed by atoms with E-state index in [1.807, 2.05) is 18.2 Å². The number of ether oxygens (including phenoxy) is 2. The number of hydrogen-bond donors (Lipinski definition) is 0. The van der Waals surface area contributed by atoms with Crippen LogP contribution < -0.4 is 9.47 Å². The van der Waals surface area contributed by atoms with Crippen molar-refractivity contribution in [3.05, 3.63) is 39.8 Å². The lowest BCUT2D eigenvalue weighted by Crippen LogP contribution is -1.93. The van der Waals surface area contributed by atoms with Crippen molar-refractivity contribution in [1.29, 1.82) is 0 Å². The van der Waals surface area contributed by atoms with Crippen LogP contribution in [0.25, 0.3) is 0 Å². The Balaban J connectivity index is 1.83. The first-order valence-corrected chi connectivity index (χ1v) is 5.95. The Bertz CT molecular complexity index is 565. The van der Waals surface area contributed by atoms with Crippen molar-refractivity contribution < 1.29 is 14.3 Å². The molecule has 3 rings (SSSR count). The molecule has 0 fully saturated rings. The molecule has 17 heavy (non-hydrogen) atoms. The van der Waals surface area contributed by atoms with E-state index in [0.717, 1.165) is 28.4 Å².